The molecule has 0 fully saturated rings. The molecule has 0 aliphatic carbocycles. The van der Waals surface area contributed by atoms with Crippen LogP contribution in [0.25, 0.3) is 0 Å². The third-order valence-corrected chi connectivity index (χ3v) is 7.18. The zero-order valence-corrected chi connectivity index (χ0v) is 21.9. The van der Waals surface area contributed by atoms with Crippen LogP contribution in [0, 0.1) is 0 Å². The van der Waals surface area contributed by atoms with E-state index in [9.17, 15) is 4.79 Å². The summed E-state index contributed by atoms with van der Waals surface area (Å²) >= 11 is 6.33. The highest BCUT2D eigenvalue weighted by Gasteiger charge is 2.26. The summed E-state index contributed by atoms with van der Waals surface area (Å²) in [5.74, 6) is -3.49. The molecule has 0 spiro atoms. The molecule has 7 nitrogen and oxygen atoms in total. The van der Waals surface area contributed by atoms with Gasteiger partial charge in [-0.25, -0.2) is 9.59 Å². The summed E-state index contributed by atoms with van der Waals surface area (Å²) in [5.41, 5.74) is 7.29. The minimum Gasteiger partial charge on any atom is -0.473 e. The van der Waals surface area contributed by atoms with Gasteiger partial charge in [0, 0.05) is 24.5 Å². The number of unbranched alkanes of at least 4 members (excludes halogenated alkanes) is 1. The summed E-state index contributed by atoms with van der Waals surface area (Å²) in [6.07, 6.45) is 5.45. The van der Waals surface area contributed by atoms with Gasteiger partial charge in [0.1, 0.15) is 0 Å². The number of para-hydroxylation sites is 1. The summed E-state index contributed by atoms with van der Waals surface area (Å²) < 4.78 is 0. The number of anilines is 2. The van der Waals surface area contributed by atoms with Gasteiger partial charge in [0.05, 0.1) is 11.4 Å². The van der Waals surface area contributed by atoms with E-state index < -0.39 is 11.9 Å². The quantitative estimate of drug-likeness (QED) is 0.332. The molecule has 3 aromatic rings. The molecule has 198 valence electrons. The van der Waals surface area contributed by atoms with Crippen LogP contribution < -0.4 is 4.90 Å². The molecule has 5 rings (SSSR count). The summed E-state index contributed by atoms with van der Waals surface area (Å²) in [4.78, 5) is 36.1. The highest BCUT2D eigenvalue weighted by Crippen LogP contribution is 2.38. The number of hydrogen-bond acceptors (Lipinski definition) is 4. The average Bonchev–Trinajstić information content (AvgIpc) is 3.07. The molecule has 0 saturated heterocycles. The van der Waals surface area contributed by atoms with Gasteiger partial charge in [-0.2, -0.15) is 0 Å². The smallest absolute Gasteiger partial charge is 0.414 e. The maximum Gasteiger partial charge on any atom is 0.414 e. The van der Waals surface area contributed by atoms with E-state index in [2.05, 4.69) is 53.4 Å². The second kappa shape index (κ2) is 12.7. The molecule has 2 heterocycles. The number of benzene rings is 3. The number of carbonyl (C=O) groups excluding carboxylic acids is 1. The van der Waals surface area contributed by atoms with E-state index in [0.29, 0.717) is 11.4 Å². The van der Waals surface area contributed by atoms with Gasteiger partial charge in [0.15, 0.2) is 0 Å². The van der Waals surface area contributed by atoms with E-state index in [0.717, 1.165) is 63.1 Å². The fourth-order valence-electron chi connectivity index (χ4n) is 5.03. The monoisotopic (exact) mass is 534 g/mol. The van der Waals surface area contributed by atoms with Crippen LogP contribution >= 0.6 is 11.6 Å². The first-order valence-corrected chi connectivity index (χ1v) is 13.2. The Morgan fingerprint density at radius 3 is 2.08 bits per heavy atom. The maximum atomic E-state index is 13.5. The van der Waals surface area contributed by atoms with Gasteiger partial charge < -0.3 is 10.2 Å². The highest BCUT2D eigenvalue weighted by atomic mass is 35.5. The number of carboxylic acid groups (broad SMARTS) is 2. The Balaban J connectivity index is 0.000000505. The summed E-state index contributed by atoms with van der Waals surface area (Å²) in [5, 5.41) is 15.5. The van der Waals surface area contributed by atoms with Crippen molar-refractivity contribution in [2.45, 2.75) is 45.1 Å². The predicted octanol–water partition coefficient (Wildman–Crippen LogP) is 5.49. The number of hydrogen-bond donors (Lipinski definition) is 2. The third kappa shape index (κ3) is 6.79. The van der Waals surface area contributed by atoms with E-state index in [1.54, 1.807) is 0 Å². The second-order valence-electron chi connectivity index (χ2n) is 9.49. The van der Waals surface area contributed by atoms with Gasteiger partial charge in [0.25, 0.3) is 0 Å². The van der Waals surface area contributed by atoms with Crippen molar-refractivity contribution in [2.24, 2.45) is 0 Å². The summed E-state index contributed by atoms with van der Waals surface area (Å²) in [6.45, 7) is 3.17. The van der Waals surface area contributed by atoms with Gasteiger partial charge >= 0.3 is 11.9 Å². The molecule has 0 unspecified atom stereocenters. The van der Waals surface area contributed by atoms with Gasteiger partial charge in [0.2, 0.25) is 5.91 Å². The van der Waals surface area contributed by atoms with Crippen molar-refractivity contribution >= 4 is 40.8 Å². The highest BCUT2D eigenvalue weighted by molar-refractivity contribution is 6.31. The van der Waals surface area contributed by atoms with Gasteiger partial charge in [-0.05, 0) is 79.1 Å². The van der Waals surface area contributed by atoms with Crippen molar-refractivity contribution in [2.75, 3.05) is 18.0 Å². The molecule has 0 radical (unpaired) electrons. The number of halogens is 1. The van der Waals surface area contributed by atoms with Crippen molar-refractivity contribution in [3.05, 3.63) is 94.0 Å². The van der Waals surface area contributed by atoms with Crippen molar-refractivity contribution in [1.29, 1.82) is 0 Å². The number of carboxylic acids is 2. The molecule has 0 bridgehead atoms. The van der Waals surface area contributed by atoms with Gasteiger partial charge in [-0.1, -0.05) is 60.1 Å². The minimum absolute atomic E-state index is 0.159. The van der Waals surface area contributed by atoms with E-state index in [1.807, 2.05) is 23.1 Å². The fourth-order valence-corrected chi connectivity index (χ4v) is 5.20. The van der Waals surface area contributed by atoms with E-state index in [-0.39, 0.29) is 5.91 Å². The Bertz CT molecular complexity index is 1310. The Morgan fingerprint density at radius 1 is 0.737 bits per heavy atom. The number of rotatable bonds is 5. The van der Waals surface area contributed by atoms with Crippen LogP contribution in [0.3, 0.4) is 0 Å². The van der Waals surface area contributed by atoms with Crippen molar-refractivity contribution < 1.29 is 24.6 Å². The van der Waals surface area contributed by atoms with Crippen LogP contribution in [-0.4, -0.2) is 46.0 Å². The zero-order valence-electron chi connectivity index (χ0n) is 21.1. The van der Waals surface area contributed by atoms with Crippen molar-refractivity contribution in [1.82, 2.24) is 4.90 Å². The Labute approximate surface area is 227 Å². The molecule has 0 saturated carbocycles. The van der Waals surface area contributed by atoms with Crippen LogP contribution in [0.1, 0.15) is 41.5 Å². The Kier molecular flexibility index (Phi) is 9.15. The normalized spacial score (nSPS) is 14.2. The van der Waals surface area contributed by atoms with E-state index in [1.165, 1.54) is 22.3 Å². The van der Waals surface area contributed by atoms with Crippen LogP contribution in [0.4, 0.5) is 11.4 Å². The first-order valence-electron chi connectivity index (χ1n) is 12.8. The third-order valence-electron chi connectivity index (χ3n) is 6.94. The second-order valence-corrected chi connectivity index (χ2v) is 9.93. The average molecular weight is 535 g/mol. The molecule has 2 aliphatic rings. The van der Waals surface area contributed by atoms with Crippen LogP contribution in [-0.2, 0) is 40.2 Å². The fraction of sp³-hybridized carbons (Fsp3) is 0.300. The van der Waals surface area contributed by atoms with Crippen molar-refractivity contribution in [3.63, 3.8) is 0 Å². The molecule has 38 heavy (non-hydrogen) atoms. The summed E-state index contributed by atoms with van der Waals surface area (Å²) in [7, 11) is 0. The topological polar surface area (TPSA) is 98.2 Å². The number of carbonyl (C=O) groups is 3. The first kappa shape index (κ1) is 27.4. The van der Waals surface area contributed by atoms with Crippen molar-refractivity contribution in [3.8, 4) is 0 Å². The lowest BCUT2D eigenvalue weighted by atomic mass is 10.00. The van der Waals surface area contributed by atoms with Gasteiger partial charge in [-0.15, -0.1) is 0 Å². The molecular formula is C30H31ClN2O5. The largest absolute Gasteiger partial charge is 0.473 e. The number of nitrogens with zero attached hydrogens (tertiary/aromatic N) is 2. The molecule has 2 N–H and O–H groups in total. The lowest BCUT2D eigenvalue weighted by molar-refractivity contribution is -0.159. The number of aryl methyl sites for hydroxylation is 2. The lowest BCUT2D eigenvalue weighted by Crippen LogP contribution is -2.31. The standard InChI is InChI=1S/C28H29ClN2O.C2H2O4/c29-25-15-14-23-13-12-22-8-3-4-10-26(22)31(27(23)19-25)28(32)11-5-6-17-30-18-16-21-7-1-2-9-24(21)20-30;3-1(4)2(5)6/h1-4,7-10,14-15,19H,5-6,11-13,16-18,20H2;(H,3,4)(H,5,6). The lowest BCUT2D eigenvalue weighted by Gasteiger charge is -2.29. The molecular weight excluding hydrogens is 504 g/mol. The molecule has 0 aromatic heterocycles. The van der Waals surface area contributed by atoms with Crippen LogP contribution in [0.5, 0.6) is 0 Å². The van der Waals surface area contributed by atoms with Gasteiger partial charge in [-0.3, -0.25) is 14.6 Å². The molecule has 0 atom stereocenters. The SMILES string of the molecule is O=C(CCCCN1CCc2ccccc2C1)N1c2ccccc2CCc2ccc(Cl)cc21.O=C(O)C(=O)O. The van der Waals surface area contributed by atoms with Crippen LogP contribution in [0.2, 0.25) is 5.02 Å². The van der Waals surface area contributed by atoms with E-state index >= 15 is 0 Å². The number of fused-ring (bicyclic) bond motifs is 3. The molecule has 1 amide bonds. The molecule has 2 aliphatic heterocycles. The predicted molar refractivity (Wildman–Crippen MR) is 147 cm³/mol. The Hall–Kier alpha value is -3.68. The molecule has 8 heteroatoms. The molecule has 3 aromatic carbocycles. The minimum atomic E-state index is -1.82. The first-order chi connectivity index (χ1) is 18.3. The Morgan fingerprint density at radius 2 is 1.37 bits per heavy atom. The zero-order chi connectivity index (χ0) is 27.1. The van der Waals surface area contributed by atoms with Crippen LogP contribution in [0.15, 0.2) is 66.7 Å². The number of amides is 1. The summed E-state index contributed by atoms with van der Waals surface area (Å²) in [6, 6.07) is 23.0. The van der Waals surface area contributed by atoms with E-state index in [4.69, 9.17) is 31.4 Å². The number of aliphatic carboxylic acids is 2. The maximum absolute atomic E-state index is 13.5.